The Morgan fingerprint density at radius 2 is 2.05 bits per heavy atom. The van der Waals surface area contributed by atoms with Gasteiger partial charge in [0.25, 0.3) is 0 Å². The minimum absolute atomic E-state index is 0.346. The summed E-state index contributed by atoms with van der Waals surface area (Å²) >= 11 is 0. The molecule has 0 radical (unpaired) electrons. The molecule has 4 nitrogen and oxygen atoms in total. The number of nitrogens with one attached hydrogen (secondary N) is 1. The van der Waals surface area contributed by atoms with Crippen LogP contribution in [0.4, 0.5) is 5.82 Å². The molecule has 0 saturated carbocycles. The summed E-state index contributed by atoms with van der Waals surface area (Å²) in [6.07, 6.45) is 1.97. The van der Waals surface area contributed by atoms with Crippen LogP contribution in [0.2, 0.25) is 0 Å². The number of anilines is 1. The van der Waals surface area contributed by atoms with Crippen LogP contribution >= 0.6 is 0 Å². The van der Waals surface area contributed by atoms with E-state index in [-0.39, 0.29) is 0 Å². The van der Waals surface area contributed by atoms with Crippen molar-refractivity contribution in [1.82, 2.24) is 10.3 Å². The zero-order valence-corrected chi connectivity index (χ0v) is 13.5. The summed E-state index contributed by atoms with van der Waals surface area (Å²) in [4.78, 5) is 6.91. The first kappa shape index (κ1) is 16.9. The van der Waals surface area contributed by atoms with E-state index in [9.17, 15) is 0 Å². The molecule has 0 aliphatic carbocycles. The number of pyridine rings is 1. The van der Waals surface area contributed by atoms with Crippen LogP contribution in [0.1, 0.15) is 39.3 Å². The molecule has 0 amide bonds. The fourth-order valence-electron chi connectivity index (χ4n) is 2.21. The molecule has 1 N–H and O–H groups in total. The predicted molar refractivity (Wildman–Crippen MR) is 85.3 cm³/mol. The summed E-state index contributed by atoms with van der Waals surface area (Å²) in [5.41, 5.74) is 1.23. The summed E-state index contributed by atoms with van der Waals surface area (Å²) in [6.45, 7) is 12.3. The summed E-state index contributed by atoms with van der Waals surface area (Å²) < 4.78 is 5.19. The van der Waals surface area contributed by atoms with Gasteiger partial charge in [0.05, 0.1) is 6.61 Å². The lowest BCUT2D eigenvalue weighted by Gasteiger charge is -2.25. The number of rotatable bonds is 9. The SMILES string of the molecule is CCNC(C)c1ccc(N(CCOC)CC(C)C)nc1. The first-order valence-electron chi connectivity index (χ1n) is 7.51. The largest absolute Gasteiger partial charge is 0.383 e. The number of nitrogens with zero attached hydrogens (tertiary/aromatic N) is 2. The van der Waals surface area contributed by atoms with Crippen LogP contribution in [-0.2, 0) is 4.74 Å². The molecular weight excluding hydrogens is 250 g/mol. The van der Waals surface area contributed by atoms with Gasteiger partial charge in [-0.2, -0.15) is 0 Å². The van der Waals surface area contributed by atoms with E-state index >= 15 is 0 Å². The summed E-state index contributed by atoms with van der Waals surface area (Å²) in [7, 11) is 1.74. The highest BCUT2D eigenvalue weighted by Crippen LogP contribution is 2.17. The molecule has 1 aromatic rings. The standard InChI is InChI=1S/C16H29N3O/c1-6-17-14(4)15-7-8-16(18-11-15)19(9-10-20-5)12-13(2)3/h7-8,11,13-14,17H,6,9-10,12H2,1-5H3. The molecule has 0 aliphatic rings. The molecule has 0 spiro atoms. The fraction of sp³-hybridized carbons (Fsp3) is 0.688. The van der Waals surface area contributed by atoms with E-state index in [2.05, 4.69) is 55.0 Å². The highest BCUT2D eigenvalue weighted by atomic mass is 16.5. The quantitative estimate of drug-likeness (QED) is 0.754. The van der Waals surface area contributed by atoms with Crippen molar-refractivity contribution in [1.29, 1.82) is 0 Å². The lowest BCUT2D eigenvalue weighted by Crippen LogP contribution is -2.31. The van der Waals surface area contributed by atoms with Gasteiger partial charge in [-0.05, 0) is 31.0 Å². The maximum absolute atomic E-state index is 5.19. The van der Waals surface area contributed by atoms with Gasteiger partial charge in [-0.15, -0.1) is 0 Å². The van der Waals surface area contributed by atoms with E-state index in [0.717, 1.165) is 32.1 Å². The Kier molecular flexibility index (Phi) is 7.55. The van der Waals surface area contributed by atoms with E-state index in [1.807, 2.05) is 6.20 Å². The Labute approximate surface area is 123 Å². The van der Waals surface area contributed by atoms with E-state index in [1.54, 1.807) is 7.11 Å². The van der Waals surface area contributed by atoms with Crippen molar-refractivity contribution in [3.8, 4) is 0 Å². The Balaban J connectivity index is 2.75. The molecule has 0 bridgehead atoms. The molecule has 1 heterocycles. The first-order chi connectivity index (χ1) is 9.58. The summed E-state index contributed by atoms with van der Waals surface area (Å²) in [6, 6.07) is 4.62. The summed E-state index contributed by atoms with van der Waals surface area (Å²) in [5.74, 6) is 1.64. The van der Waals surface area contributed by atoms with Gasteiger partial charge in [-0.3, -0.25) is 0 Å². The minimum atomic E-state index is 0.346. The summed E-state index contributed by atoms with van der Waals surface area (Å²) in [5, 5.41) is 3.40. The average molecular weight is 279 g/mol. The molecule has 114 valence electrons. The van der Waals surface area contributed by atoms with Crippen molar-refractivity contribution < 1.29 is 4.74 Å². The second-order valence-electron chi connectivity index (χ2n) is 5.56. The van der Waals surface area contributed by atoms with Crippen molar-refractivity contribution in [2.24, 2.45) is 5.92 Å². The van der Waals surface area contributed by atoms with Crippen LogP contribution in [0.15, 0.2) is 18.3 Å². The molecule has 20 heavy (non-hydrogen) atoms. The molecule has 0 fully saturated rings. The average Bonchev–Trinajstić information content (AvgIpc) is 2.43. The van der Waals surface area contributed by atoms with Crippen LogP contribution in [-0.4, -0.2) is 38.3 Å². The molecule has 0 aliphatic heterocycles. The molecule has 4 heteroatoms. The number of ether oxygens (including phenoxy) is 1. The van der Waals surface area contributed by atoms with Gasteiger partial charge >= 0.3 is 0 Å². The maximum atomic E-state index is 5.19. The number of hydrogen-bond donors (Lipinski definition) is 1. The van der Waals surface area contributed by atoms with Crippen LogP contribution < -0.4 is 10.2 Å². The van der Waals surface area contributed by atoms with Gasteiger partial charge in [0.15, 0.2) is 0 Å². The normalized spacial score (nSPS) is 12.7. The Morgan fingerprint density at radius 3 is 2.55 bits per heavy atom. The molecule has 1 unspecified atom stereocenters. The third kappa shape index (κ3) is 5.47. The maximum Gasteiger partial charge on any atom is 0.128 e. The van der Waals surface area contributed by atoms with E-state index < -0.39 is 0 Å². The van der Waals surface area contributed by atoms with Crippen LogP contribution in [0, 0.1) is 5.92 Å². The smallest absolute Gasteiger partial charge is 0.128 e. The molecule has 1 atom stereocenters. The van der Waals surface area contributed by atoms with E-state index in [1.165, 1.54) is 5.56 Å². The number of methoxy groups -OCH3 is 1. The van der Waals surface area contributed by atoms with Crippen molar-refractivity contribution >= 4 is 5.82 Å². The molecule has 0 aromatic carbocycles. The van der Waals surface area contributed by atoms with Crippen molar-refractivity contribution in [2.45, 2.75) is 33.7 Å². The highest BCUT2D eigenvalue weighted by molar-refractivity contribution is 5.39. The third-order valence-electron chi connectivity index (χ3n) is 3.26. The lowest BCUT2D eigenvalue weighted by atomic mass is 10.1. The number of hydrogen-bond acceptors (Lipinski definition) is 4. The zero-order chi connectivity index (χ0) is 15.0. The fourth-order valence-corrected chi connectivity index (χ4v) is 2.21. The second kappa shape index (κ2) is 8.93. The predicted octanol–water partition coefficient (Wildman–Crippen LogP) is 2.86. The molecule has 0 saturated heterocycles. The van der Waals surface area contributed by atoms with E-state index in [0.29, 0.717) is 12.0 Å². The van der Waals surface area contributed by atoms with Gasteiger partial charge in [-0.25, -0.2) is 4.98 Å². The zero-order valence-electron chi connectivity index (χ0n) is 13.5. The van der Waals surface area contributed by atoms with Crippen molar-refractivity contribution in [3.63, 3.8) is 0 Å². The lowest BCUT2D eigenvalue weighted by molar-refractivity contribution is 0.204. The van der Waals surface area contributed by atoms with Gasteiger partial charge < -0.3 is 15.0 Å². The Morgan fingerprint density at radius 1 is 1.30 bits per heavy atom. The van der Waals surface area contributed by atoms with Crippen LogP contribution in [0.5, 0.6) is 0 Å². The molecule has 1 aromatic heterocycles. The monoisotopic (exact) mass is 279 g/mol. The second-order valence-corrected chi connectivity index (χ2v) is 5.56. The Hall–Kier alpha value is -1.13. The van der Waals surface area contributed by atoms with Gasteiger partial charge in [0, 0.05) is 32.4 Å². The van der Waals surface area contributed by atoms with Gasteiger partial charge in [0.1, 0.15) is 5.82 Å². The van der Waals surface area contributed by atoms with Gasteiger partial charge in [0.2, 0.25) is 0 Å². The van der Waals surface area contributed by atoms with Gasteiger partial charge in [-0.1, -0.05) is 26.8 Å². The number of aromatic nitrogens is 1. The molecule has 1 rings (SSSR count). The minimum Gasteiger partial charge on any atom is -0.383 e. The Bertz CT molecular complexity index is 364. The van der Waals surface area contributed by atoms with Crippen molar-refractivity contribution in [3.05, 3.63) is 23.9 Å². The third-order valence-corrected chi connectivity index (χ3v) is 3.26. The topological polar surface area (TPSA) is 37.4 Å². The molecular formula is C16H29N3O. The van der Waals surface area contributed by atoms with E-state index in [4.69, 9.17) is 4.74 Å². The highest BCUT2D eigenvalue weighted by Gasteiger charge is 2.11. The van der Waals surface area contributed by atoms with Crippen molar-refractivity contribution in [2.75, 3.05) is 38.3 Å². The first-order valence-corrected chi connectivity index (χ1v) is 7.51. The van der Waals surface area contributed by atoms with Crippen LogP contribution in [0.3, 0.4) is 0 Å². The van der Waals surface area contributed by atoms with Crippen LogP contribution in [0.25, 0.3) is 0 Å².